The Kier molecular flexibility index (Phi) is 7.38. The molecule has 1 amide bonds. The van der Waals surface area contributed by atoms with Gasteiger partial charge in [-0.05, 0) is 85.8 Å². The molecule has 188 valence electrons. The Morgan fingerprint density at radius 3 is 2.39 bits per heavy atom. The van der Waals surface area contributed by atoms with Gasteiger partial charge in [0.15, 0.2) is 6.10 Å². The maximum atomic E-state index is 12.9. The van der Waals surface area contributed by atoms with E-state index in [0.29, 0.717) is 60.6 Å². The van der Waals surface area contributed by atoms with E-state index in [2.05, 4.69) is 9.97 Å². The van der Waals surface area contributed by atoms with Crippen molar-refractivity contribution in [1.82, 2.24) is 14.9 Å². The van der Waals surface area contributed by atoms with Crippen LogP contribution in [-0.4, -0.2) is 56.2 Å². The van der Waals surface area contributed by atoms with Gasteiger partial charge >= 0.3 is 11.7 Å². The first kappa shape index (κ1) is 25.0. The van der Waals surface area contributed by atoms with Crippen LogP contribution in [0.15, 0.2) is 53.3 Å². The molecule has 1 saturated heterocycles. The molecule has 2 heterocycles. The van der Waals surface area contributed by atoms with Gasteiger partial charge in [-0.3, -0.25) is 9.59 Å². The molecule has 9 heteroatoms. The monoisotopic (exact) mass is 491 g/mol. The van der Waals surface area contributed by atoms with E-state index in [1.165, 1.54) is 0 Å². The van der Waals surface area contributed by atoms with Gasteiger partial charge < -0.3 is 24.8 Å². The Morgan fingerprint density at radius 1 is 1.11 bits per heavy atom. The van der Waals surface area contributed by atoms with E-state index < -0.39 is 23.7 Å². The third-order valence-electron chi connectivity index (χ3n) is 6.48. The summed E-state index contributed by atoms with van der Waals surface area (Å²) < 4.78 is 5.97. The van der Waals surface area contributed by atoms with Crippen molar-refractivity contribution < 1.29 is 24.5 Å². The fourth-order valence-electron chi connectivity index (χ4n) is 4.31. The lowest BCUT2D eigenvalue weighted by atomic mass is 9.96. The summed E-state index contributed by atoms with van der Waals surface area (Å²) in [7, 11) is 0. The van der Waals surface area contributed by atoms with E-state index in [1.54, 1.807) is 60.4 Å². The van der Waals surface area contributed by atoms with Crippen LogP contribution in [0.4, 0.5) is 0 Å². The van der Waals surface area contributed by atoms with Crippen LogP contribution < -0.4 is 10.4 Å². The number of aromatic hydroxyl groups is 1. The number of piperidine rings is 1. The van der Waals surface area contributed by atoms with Crippen LogP contribution in [0.5, 0.6) is 11.5 Å². The molecule has 1 atom stereocenters. The molecule has 1 unspecified atom stereocenters. The number of carbonyl (C=O) groups is 2. The average Bonchev–Trinajstić information content (AvgIpc) is 2.88. The fraction of sp³-hybridized carbons (Fsp3) is 0.333. The van der Waals surface area contributed by atoms with Crippen molar-refractivity contribution in [3.8, 4) is 34.0 Å². The molecule has 1 aliphatic rings. The van der Waals surface area contributed by atoms with Crippen LogP contribution in [0.1, 0.15) is 31.7 Å². The Morgan fingerprint density at radius 2 is 1.78 bits per heavy atom. The Hall–Kier alpha value is -4.14. The van der Waals surface area contributed by atoms with Crippen molar-refractivity contribution >= 4 is 11.9 Å². The van der Waals surface area contributed by atoms with E-state index in [9.17, 15) is 19.5 Å². The summed E-state index contributed by atoms with van der Waals surface area (Å²) in [5.74, 6) is -0.664. The number of likely N-dealkylation sites (tertiary alicyclic amines) is 1. The number of aryl methyl sites for hydroxylation is 1. The zero-order chi connectivity index (χ0) is 25.8. The number of nitrogens with one attached hydrogen (secondary N) is 1. The Balaban J connectivity index is 1.47. The standard InChI is InChI=1S/C27H29N3O6/c1-3-24(25(32)30-12-10-18(11-13-30)26(33)34)36-20-7-4-17(5-8-20)21-15-22(29-27(35)28-21)19-6-9-23(31)16(2)14-19/h4-9,14-15,18,24,31H,3,10-13H2,1-2H3,(H,33,34)(H,28,29,35). The molecule has 3 N–H and O–H groups in total. The van der Waals surface area contributed by atoms with Crippen molar-refractivity contribution in [2.24, 2.45) is 5.92 Å². The topological polar surface area (TPSA) is 133 Å². The van der Waals surface area contributed by atoms with Gasteiger partial charge in [-0.2, -0.15) is 4.98 Å². The molecule has 3 aromatic rings. The summed E-state index contributed by atoms with van der Waals surface area (Å²) in [6.45, 7) is 4.47. The fourth-order valence-corrected chi connectivity index (χ4v) is 4.31. The largest absolute Gasteiger partial charge is 0.508 e. The number of rotatable bonds is 7. The highest BCUT2D eigenvalue weighted by molar-refractivity contribution is 5.82. The third-order valence-corrected chi connectivity index (χ3v) is 6.48. The van der Waals surface area contributed by atoms with E-state index in [4.69, 9.17) is 9.84 Å². The first-order chi connectivity index (χ1) is 17.2. The highest BCUT2D eigenvalue weighted by Crippen LogP contribution is 2.27. The zero-order valence-electron chi connectivity index (χ0n) is 20.2. The van der Waals surface area contributed by atoms with Crippen molar-refractivity contribution in [3.63, 3.8) is 0 Å². The molecule has 0 aliphatic carbocycles. The predicted molar refractivity (Wildman–Crippen MR) is 134 cm³/mol. The summed E-state index contributed by atoms with van der Waals surface area (Å²) in [6, 6.07) is 13.9. The first-order valence-electron chi connectivity index (χ1n) is 11.9. The molecular weight excluding hydrogens is 462 g/mol. The van der Waals surface area contributed by atoms with Gasteiger partial charge in [0, 0.05) is 18.7 Å². The molecule has 0 radical (unpaired) electrons. The van der Waals surface area contributed by atoms with Gasteiger partial charge in [0.2, 0.25) is 0 Å². The number of carboxylic acids is 1. The third kappa shape index (κ3) is 5.56. The number of H-pyrrole nitrogens is 1. The quantitative estimate of drug-likeness (QED) is 0.460. The lowest BCUT2D eigenvalue weighted by Gasteiger charge is -2.32. The van der Waals surface area contributed by atoms with Crippen LogP contribution >= 0.6 is 0 Å². The molecular formula is C27H29N3O6. The van der Waals surface area contributed by atoms with E-state index in [-0.39, 0.29) is 11.7 Å². The van der Waals surface area contributed by atoms with Crippen LogP contribution in [-0.2, 0) is 9.59 Å². The van der Waals surface area contributed by atoms with Gasteiger partial charge in [0.05, 0.1) is 17.3 Å². The Labute approximate surface area is 208 Å². The molecule has 1 aliphatic heterocycles. The van der Waals surface area contributed by atoms with Crippen LogP contribution in [0.3, 0.4) is 0 Å². The van der Waals surface area contributed by atoms with E-state index in [0.717, 1.165) is 5.56 Å². The van der Waals surface area contributed by atoms with Crippen molar-refractivity contribution in [2.75, 3.05) is 13.1 Å². The van der Waals surface area contributed by atoms with Crippen LogP contribution in [0, 0.1) is 12.8 Å². The number of phenolic OH excluding ortho intramolecular Hbond substituents is 1. The molecule has 0 saturated carbocycles. The van der Waals surface area contributed by atoms with Crippen molar-refractivity contribution in [3.05, 3.63) is 64.6 Å². The van der Waals surface area contributed by atoms with Gasteiger partial charge in [0.1, 0.15) is 11.5 Å². The number of amides is 1. The summed E-state index contributed by atoms with van der Waals surface area (Å²) in [6.07, 6.45) is 0.707. The predicted octanol–water partition coefficient (Wildman–Crippen LogP) is 3.60. The van der Waals surface area contributed by atoms with Crippen LogP contribution in [0.25, 0.3) is 22.5 Å². The smallest absolute Gasteiger partial charge is 0.345 e. The molecule has 36 heavy (non-hydrogen) atoms. The number of hydrogen-bond donors (Lipinski definition) is 3. The van der Waals surface area contributed by atoms with E-state index in [1.807, 2.05) is 6.92 Å². The summed E-state index contributed by atoms with van der Waals surface area (Å²) in [4.78, 5) is 44.8. The molecule has 1 aromatic heterocycles. The second-order valence-corrected chi connectivity index (χ2v) is 8.96. The highest BCUT2D eigenvalue weighted by Gasteiger charge is 2.31. The Bertz CT molecular complexity index is 1310. The van der Waals surface area contributed by atoms with E-state index >= 15 is 0 Å². The van der Waals surface area contributed by atoms with Gasteiger partial charge in [0.25, 0.3) is 5.91 Å². The van der Waals surface area contributed by atoms with Crippen molar-refractivity contribution in [1.29, 1.82) is 0 Å². The average molecular weight is 492 g/mol. The van der Waals surface area contributed by atoms with Gasteiger partial charge in [-0.1, -0.05) is 6.92 Å². The van der Waals surface area contributed by atoms with Crippen LogP contribution in [0.2, 0.25) is 0 Å². The SMILES string of the molecule is CCC(Oc1ccc(-c2cc(-c3ccc(O)c(C)c3)nc(=O)[nH]2)cc1)C(=O)N1CCC(C(=O)O)CC1. The lowest BCUT2D eigenvalue weighted by molar-refractivity contribution is -0.147. The zero-order valence-corrected chi connectivity index (χ0v) is 20.2. The number of aromatic nitrogens is 2. The molecule has 0 bridgehead atoms. The molecule has 0 spiro atoms. The number of benzene rings is 2. The number of nitrogens with zero attached hydrogens (tertiary/aromatic N) is 2. The molecule has 4 rings (SSSR count). The summed E-state index contributed by atoms with van der Waals surface area (Å²) in [5.41, 5.74) is 2.72. The summed E-state index contributed by atoms with van der Waals surface area (Å²) in [5, 5.41) is 18.9. The number of ether oxygens (including phenoxy) is 1. The number of aromatic amines is 1. The lowest BCUT2D eigenvalue weighted by Crippen LogP contribution is -2.46. The second kappa shape index (κ2) is 10.6. The number of aliphatic carboxylic acids is 1. The normalized spacial score (nSPS) is 14.9. The molecule has 2 aromatic carbocycles. The number of carbonyl (C=O) groups excluding carboxylic acids is 1. The van der Waals surface area contributed by atoms with Crippen molar-refractivity contribution in [2.45, 2.75) is 39.2 Å². The highest BCUT2D eigenvalue weighted by atomic mass is 16.5. The number of carboxylic acid groups (broad SMARTS) is 1. The maximum absolute atomic E-state index is 12.9. The number of phenols is 1. The minimum Gasteiger partial charge on any atom is -0.508 e. The minimum atomic E-state index is -0.814. The number of hydrogen-bond acceptors (Lipinski definition) is 6. The summed E-state index contributed by atoms with van der Waals surface area (Å²) >= 11 is 0. The second-order valence-electron chi connectivity index (χ2n) is 8.96. The first-order valence-corrected chi connectivity index (χ1v) is 11.9. The molecule has 9 nitrogen and oxygen atoms in total. The minimum absolute atomic E-state index is 0.141. The van der Waals surface area contributed by atoms with Gasteiger partial charge in [-0.25, -0.2) is 4.79 Å². The maximum Gasteiger partial charge on any atom is 0.345 e. The van der Waals surface area contributed by atoms with Gasteiger partial charge in [-0.15, -0.1) is 0 Å². The molecule has 1 fully saturated rings.